The lowest BCUT2D eigenvalue weighted by atomic mass is 9.97. The highest BCUT2D eigenvalue weighted by Crippen LogP contribution is 2.23. The van der Waals surface area contributed by atoms with Gasteiger partial charge in [-0.3, -0.25) is 9.78 Å². The molecular weight excluding hydrogens is 316 g/mol. The smallest absolute Gasteiger partial charge is 0.335 e. The number of carboxylic acid groups (broad SMARTS) is 1. The maximum atomic E-state index is 12.8. The summed E-state index contributed by atoms with van der Waals surface area (Å²) in [7, 11) is 0. The van der Waals surface area contributed by atoms with Crippen molar-refractivity contribution in [2.75, 3.05) is 6.54 Å². The second-order valence-corrected chi connectivity index (χ2v) is 6.18. The molecule has 0 atom stereocenters. The van der Waals surface area contributed by atoms with Crippen molar-refractivity contribution in [1.82, 2.24) is 9.88 Å². The van der Waals surface area contributed by atoms with Crippen LogP contribution in [0.15, 0.2) is 54.7 Å². The van der Waals surface area contributed by atoms with Gasteiger partial charge in [-0.25, -0.2) is 4.79 Å². The Morgan fingerprint density at radius 1 is 1.00 bits per heavy atom. The van der Waals surface area contributed by atoms with Gasteiger partial charge in [-0.1, -0.05) is 24.3 Å². The van der Waals surface area contributed by atoms with E-state index < -0.39 is 5.97 Å². The third-order valence-corrected chi connectivity index (χ3v) is 4.59. The summed E-state index contributed by atoms with van der Waals surface area (Å²) in [6, 6.07) is 14.7. The number of benzene rings is 2. The Kier molecular flexibility index (Phi) is 3.69. The quantitative estimate of drug-likeness (QED) is 0.783. The Hall–Kier alpha value is -3.21. The number of nitrogens with zero attached hydrogens (tertiary/aromatic N) is 2. The zero-order valence-electron chi connectivity index (χ0n) is 13.5. The molecule has 3 aromatic rings. The zero-order chi connectivity index (χ0) is 17.4. The van der Waals surface area contributed by atoms with Crippen molar-refractivity contribution in [3.8, 4) is 0 Å². The standard InChI is InChI=1S/C20H16N2O3/c23-19(16-9-14-3-1-2-4-18(14)21-11-16)22-8-7-13-5-6-15(20(24)25)10-17(13)12-22/h1-6,9-11H,7-8,12H2,(H,24,25). The molecule has 0 spiro atoms. The Morgan fingerprint density at radius 3 is 2.68 bits per heavy atom. The van der Waals surface area contributed by atoms with Crippen LogP contribution in [-0.4, -0.2) is 33.4 Å². The molecule has 1 amide bonds. The summed E-state index contributed by atoms with van der Waals surface area (Å²) in [5.74, 6) is -1.03. The van der Waals surface area contributed by atoms with Crippen LogP contribution in [-0.2, 0) is 13.0 Å². The first-order chi connectivity index (χ1) is 12.1. The Morgan fingerprint density at radius 2 is 1.84 bits per heavy atom. The summed E-state index contributed by atoms with van der Waals surface area (Å²) in [4.78, 5) is 30.1. The molecule has 0 saturated carbocycles. The fraction of sp³-hybridized carbons (Fsp3) is 0.150. The summed E-state index contributed by atoms with van der Waals surface area (Å²) in [6.07, 6.45) is 2.33. The van der Waals surface area contributed by atoms with Gasteiger partial charge >= 0.3 is 5.97 Å². The summed E-state index contributed by atoms with van der Waals surface area (Å²) >= 11 is 0. The molecule has 1 N–H and O–H groups in total. The van der Waals surface area contributed by atoms with Crippen molar-refractivity contribution >= 4 is 22.8 Å². The molecule has 0 fully saturated rings. The van der Waals surface area contributed by atoms with Gasteiger partial charge in [-0.05, 0) is 41.8 Å². The largest absolute Gasteiger partial charge is 0.478 e. The molecule has 0 unspecified atom stereocenters. The van der Waals surface area contributed by atoms with Gasteiger partial charge in [0.05, 0.1) is 16.6 Å². The second-order valence-electron chi connectivity index (χ2n) is 6.18. The highest BCUT2D eigenvalue weighted by Gasteiger charge is 2.23. The molecule has 124 valence electrons. The lowest BCUT2D eigenvalue weighted by Crippen LogP contribution is -2.36. The summed E-state index contributed by atoms with van der Waals surface area (Å²) < 4.78 is 0. The van der Waals surface area contributed by atoms with Gasteiger partial charge in [0, 0.05) is 24.7 Å². The van der Waals surface area contributed by atoms with E-state index in [2.05, 4.69) is 4.98 Å². The number of fused-ring (bicyclic) bond motifs is 2. The van der Waals surface area contributed by atoms with Crippen molar-refractivity contribution in [2.24, 2.45) is 0 Å². The number of hydrogen-bond acceptors (Lipinski definition) is 3. The maximum absolute atomic E-state index is 12.8. The third-order valence-electron chi connectivity index (χ3n) is 4.59. The molecule has 25 heavy (non-hydrogen) atoms. The van der Waals surface area contributed by atoms with Crippen molar-refractivity contribution < 1.29 is 14.7 Å². The van der Waals surface area contributed by atoms with E-state index in [1.54, 1.807) is 23.2 Å². The lowest BCUT2D eigenvalue weighted by Gasteiger charge is -2.29. The zero-order valence-corrected chi connectivity index (χ0v) is 13.5. The van der Waals surface area contributed by atoms with Gasteiger partial charge in [-0.2, -0.15) is 0 Å². The van der Waals surface area contributed by atoms with Crippen LogP contribution in [0.2, 0.25) is 0 Å². The Labute approximate surface area is 144 Å². The van der Waals surface area contributed by atoms with E-state index >= 15 is 0 Å². The van der Waals surface area contributed by atoms with E-state index in [9.17, 15) is 9.59 Å². The first-order valence-electron chi connectivity index (χ1n) is 8.11. The van der Waals surface area contributed by atoms with E-state index in [0.29, 0.717) is 18.7 Å². The maximum Gasteiger partial charge on any atom is 0.335 e. The summed E-state index contributed by atoms with van der Waals surface area (Å²) in [5, 5.41) is 10.1. The average molecular weight is 332 g/mol. The molecule has 4 rings (SSSR count). The number of rotatable bonds is 2. The number of hydrogen-bond donors (Lipinski definition) is 1. The molecule has 5 heteroatoms. The van der Waals surface area contributed by atoms with Crippen molar-refractivity contribution in [2.45, 2.75) is 13.0 Å². The van der Waals surface area contributed by atoms with E-state index in [-0.39, 0.29) is 11.5 Å². The van der Waals surface area contributed by atoms with Gasteiger partial charge in [0.15, 0.2) is 0 Å². The van der Waals surface area contributed by atoms with Crippen molar-refractivity contribution in [3.63, 3.8) is 0 Å². The molecule has 0 aliphatic carbocycles. The van der Waals surface area contributed by atoms with E-state index in [1.807, 2.05) is 36.4 Å². The molecule has 0 radical (unpaired) electrons. The minimum Gasteiger partial charge on any atom is -0.478 e. The number of carbonyl (C=O) groups is 2. The van der Waals surface area contributed by atoms with Crippen LogP contribution in [0, 0.1) is 0 Å². The van der Waals surface area contributed by atoms with Crippen LogP contribution in [0.5, 0.6) is 0 Å². The summed E-state index contributed by atoms with van der Waals surface area (Å²) in [5.41, 5.74) is 3.66. The molecule has 0 bridgehead atoms. The lowest BCUT2D eigenvalue weighted by molar-refractivity contribution is 0.0696. The fourth-order valence-electron chi connectivity index (χ4n) is 3.23. The number of amides is 1. The fourth-order valence-corrected chi connectivity index (χ4v) is 3.23. The van der Waals surface area contributed by atoms with Gasteiger partial charge in [-0.15, -0.1) is 0 Å². The summed E-state index contributed by atoms with van der Waals surface area (Å²) in [6.45, 7) is 1.03. The van der Waals surface area contributed by atoms with E-state index in [0.717, 1.165) is 28.5 Å². The monoisotopic (exact) mass is 332 g/mol. The topological polar surface area (TPSA) is 70.5 Å². The Balaban J connectivity index is 1.62. The van der Waals surface area contributed by atoms with Gasteiger partial charge in [0.1, 0.15) is 0 Å². The van der Waals surface area contributed by atoms with Gasteiger partial charge in [0.2, 0.25) is 0 Å². The molecule has 1 aromatic heterocycles. The SMILES string of the molecule is O=C(O)c1ccc2c(c1)CN(C(=O)c1cnc3ccccc3c1)CC2. The number of pyridine rings is 1. The highest BCUT2D eigenvalue weighted by molar-refractivity contribution is 5.97. The Bertz CT molecular complexity index is 997. The minimum absolute atomic E-state index is 0.0790. The van der Waals surface area contributed by atoms with E-state index in [4.69, 9.17) is 5.11 Å². The number of aromatic carboxylic acids is 1. The molecule has 5 nitrogen and oxygen atoms in total. The van der Waals surface area contributed by atoms with Gasteiger partial charge in [0.25, 0.3) is 5.91 Å². The number of carbonyl (C=O) groups excluding carboxylic acids is 1. The second kappa shape index (κ2) is 6.02. The molecule has 1 aliphatic rings. The molecule has 2 aromatic carbocycles. The minimum atomic E-state index is -0.954. The first kappa shape index (κ1) is 15.3. The molecule has 2 heterocycles. The van der Waals surface area contributed by atoms with Crippen LogP contribution < -0.4 is 0 Å². The molecule has 0 saturated heterocycles. The van der Waals surface area contributed by atoms with Crippen LogP contribution in [0.1, 0.15) is 31.8 Å². The predicted molar refractivity (Wildman–Crippen MR) is 93.6 cm³/mol. The number of carboxylic acids is 1. The van der Waals surface area contributed by atoms with Crippen LogP contribution in [0.3, 0.4) is 0 Å². The van der Waals surface area contributed by atoms with Crippen LogP contribution >= 0.6 is 0 Å². The first-order valence-corrected chi connectivity index (χ1v) is 8.11. The van der Waals surface area contributed by atoms with Gasteiger partial charge < -0.3 is 10.0 Å². The van der Waals surface area contributed by atoms with Crippen LogP contribution in [0.4, 0.5) is 0 Å². The molecule has 1 aliphatic heterocycles. The third kappa shape index (κ3) is 2.85. The van der Waals surface area contributed by atoms with E-state index in [1.165, 1.54) is 0 Å². The van der Waals surface area contributed by atoms with Crippen molar-refractivity contribution in [1.29, 1.82) is 0 Å². The van der Waals surface area contributed by atoms with Crippen molar-refractivity contribution in [3.05, 3.63) is 77.0 Å². The normalized spacial score (nSPS) is 13.5. The number of aromatic nitrogens is 1. The highest BCUT2D eigenvalue weighted by atomic mass is 16.4. The average Bonchev–Trinajstić information content (AvgIpc) is 2.66. The predicted octanol–water partition coefficient (Wildman–Crippen LogP) is 3.13. The molecular formula is C20H16N2O3. The van der Waals surface area contributed by atoms with Crippen LogP contribution in [0.25, 0.3) is 10.9 Å². The number of para-hydroxylation sites is 1.